The number of hydrogen-bond donors (Lipinski definition) is 1. The molecule has 34 heavy (non-hydrogen) atoms. The van der Waals surface area contributed by atoms with Crippen LogP contribution < -0.4 is 15.0 Å². The van der Waals surface area contributed by atoms with Crippen molar-refractivity contribution in [3.05, 3.63) is 59.7 Å². The lowest BCUT2D eigenvalue weighted by molar-refractivity contribution is -0.131. The number of piperazine rings is 1. The van der Waals surface area contributed by atoms with Gasteiger partial charge in [0.05, 0.1) is 12.8 Å². The molecule has 8 heteroatoms. The van der Waals surface area contributed by atoms with Crippen molar-refractivity contribution in [3.8, 4) is 5.75 Å². The van der Waals surface area contributed by atoms with E-state index in [-0.39, 0.29) is 29.9 Å². The van der Waals surface area contributed by atoms with E-state index in [1.54, 1.807) is 7.11 Å². The van der Waals surface area contributed by atoms with Gasteiger partial charge in [0.15, 0.2) is 5.96 Å². The molecule has 0 spiro atoms. The van der Waals surface area contributed by atoms with Gasteiger partial charge in [0, 0.05) is 58.8 Å². The summed E-state index contributed by atoms with van der Waals surface area (Å²) in [6.07, 6.45) is 1.31. The van der Waals surface area contributed by atoms with Gasteiger partial charge in [0.1, 0.15) is 5.75 Å². The standard InChI is InChI=1S/C26H35N5O2.HI/c1-3-27-26(30-17-15-29(16-18-30)23-11-6-7-12-24(23)33-2)28-14-8-13-25(32)31-19-21-9-4-5-10-22(21)20-31;/h4-7,9-12H,3,8,13-20H2,1-2H3,(H,27,28);1H. The van der Waals surface area contributed by atoms with Gasteiger partial charge in [0.2, 0.25) is 5.91 Å². The van der Waals surface area contributed by atoms with Crippen LogP contribution >= 0.6 is 24.0 Å². The molecule has 1 fully saturated rings. The highest BCUT2D eigenvalue weighted by Gasteiger charge is 2.23. The average Bonchev–Trinajstić information content (AvgIpc) is 3.30. The number of para-hydroxylation sites is 2. The summed E-state index contributed by atoms with van der Waals surface area (Å²) in [7, 11) is 1.72. The number of nitrogens with zero attached hydrogens (tertiary/aromatic N) is 4. The number of guanidine groups is 1. The summed E-state index contributed by atoms with van der Waals surface area (Å²) in [5.74, 6) is 2.08. The Balaban J connectivity index is 0.00000324. The number of anilines is 1. The number of carbonyl (C=O) groups excluding carboxylic acids is 1. The number of hydrogen-bond acceptors (Lipinski definition) is 4. The van der Waals surface area contributed by atoms with E-state index in [4.69, 9.17) is 9.73 Å². The van der Waals surface area contributed by atoms with Gasteiger partial charge in [-0.25, -0.2) is 0 Å². The fraction of sp³-hybridized carbons (Fsp3) is 0.462. The van der Waals surface area contributed by atoms with Crippen molar-refractivity contribution >= 4 is 41.5 Å². The number of benzene rings is 2. The van der Waals surface area contributed by atoms with Gasteiger partial charge in [-0.2, -0.15) is 0 Å². The first kappa shape index (κ1) is 26.1. The fourth-order valence-corrected chi connectivity index (χ4v) is 4.56. The third-order valence-corrected chi connectivity index (χ3v) is 6.34. The molecule has 2 aliphatic rings. The second-order valence-electron chi connectivity index (χ2n) is 8.50. The summed E-state index contributed by atoms with van der Waals surface area (Å²) in [6, 6.07) is 16.5. The van der Waals surface area contributed by atoms with E-state index in [1.165, 1.54) is 11.1 Å². The van der Waals surface area contributed by atoms with Gasteiger partial charge in [-0.3, -0.25) is 9.79 Å². The highest BCUT2D eigenvalue weighted by molar-refractivity contribution is 14.0. The van der Waals surface area contributed by atoms with E-state index >= 15 is 0 Å². The van der Waals surface area contributed by atoms with Crippen LogP contribution in [0.4, 0.5) is 5.69 Å². The Bertz CT molecular complexity index is 950. The number of aliphatic imine (C=N–C) groups is 1. The monoisotopic (exact) mass is 577 g/mol. The molecule has 2 aromatic rings. The normalized spacial score (nSPS) is 15.6. The fourth-order valence-electron chi connectivity index (χ4n) is 4.56. The van der Waals surface area contributed by atoms with Gasteiger partial charge in [-0.15, -0.1) is 24.0 Å². The maximum atomic E-state index is 12.6. The van der Waals surface area contributed by atoms with E-state index in [0.29, 0.717) is 13.0 Å². The molecule has 4 rings (SSSR count). The average molecular weight is 578 g/mol. The summed E-state index contributed by atoms with van der Waals surface area (Å²) in [6.45, 7) is 8.67. The molecule has 0 radical (unpaired) electrons. The van der Waals surface area contributed by atoms with Crippen LogP contribution in [0.5, 0.6) is 5.75 Å². The van der Waals surface area contributed by atoms with Crippen LogP contribution in [0.1, 0.15) is 30.9 Å². The van der Waals surface area contributed by atoms with E-state index < -0.39 is 0 Å². The Morgan fingerprint density at radius 1 is 0.971 bits per heavy atom. The predicted octanol–water partition coefficient (Wildman–Crippen LogP) is 3.72. The van der Waals surface area contributed by atoms with E-state index in [0.717, 1.165) is 69.6 Å². The quantitative estimate of drug-likeness (QED) is 0.235. The van der Waals surface area contributed by atoms with Crippen molar-refractivity contribution in [2.45, 2.75) is 32.9 Å². The van der Waals surface area contributed by atoms with Crippen LogP contribution in [0.15, 0.2) is 53.5 Å². The maximum Gasteiger partial charge on any atom is 0.223 e. The lowest BCUT2D eigenvalue weighted by Gasteiger charge is -2.38. The number of methoxy groups -OCH3 is 1. The molecule has 0 aliphatic carbocycles. The first-order valence-electron chi connectivity index (χ1n) is 12.0. The van der Waals surface area contributed by atoms with Crippen molar-refractivity contribution < 1.29 is 9.53 Å². The van der Waals surface area contributed by atoms with Crippen LogP contribution in [0.25, 0.3) is 0 Å². The van der Waals surface area contributed by atoms with Gasteiger partial charge in [0.25, 0.3) is 0 Å². The topological polar surface area (TPSA) is 60.4 Å². The number of rotatable bonds is 7. The summed E-state index contributed by atoms with van der Waals surface area (Å²) in [4.78, 5) is 24.1. The number of ether oxygens (including phenoxy) is 1. The Kier molecular flexibility index (Phi) is 9.86. The summed E-state index contributed by atoms with van der Waals surface area (Å²) >= 11 is 0. The van der Waals surface area contributed by atoms with Gasteiger partial charge in [-0.05, 0) is 36.6 Å². The zero-order chi connectivity index (χ0) is 23.0. The lowest BCUT2D eigenvalue weighted by Crippen LogP contribution is -2.52. The minimum absolute atomic E-state index is 0. The number of halogens is 1. The van der Waals surface area contributed by atoms with Crippen LogP contribution in [0, 0.1) is 0 Å². The van der Waals surface area contributed by atoms with E-state index in [1.807, 2.05) is 29.2 Å². The number of amides is 1. The molecule has 7 nitrogen and oxygen atoms in total. The molecule has 0 saturated carbocycles. The Morgan fingerprint density at radius 3 is 2.26 bits per heavy atom. The first-order valence-corrected chi connectivity index (χ1v) is 12.0. The summed E-state index contributed by atoms with van der Waals surface area (Å²) in [5.41, 5.74) is 3.68. The van der Waals surface area contributed by atoms with Gasteiger partial charge in [-0.1, -0.05) is 36.4 Å². The number of carbonyl (C=O) groups is 1. The second kappa shape index (κ2) is 12.8. The predicted molar refractivity (Wildman–Crippen MR) is 148 cm³/mol. The van der Waals surface area contributed by atoms with E-state index in [9.17, 15) is 4.79 Å². The molecular weight excluding hydrogens is 541 g/mol. The highest BCUT2D eigenvalue weighted by Crippen LogP contribution is 2.28. The largest absolute Gasteiger partial charge is 0.495 e. The molecule has 0 bridgehead atoms. The van der Waals surface area contributed by atoms with E-state index in [2.05, 4.69) is 46.3 Å². The molecule has 1 amide bonds. The molecule has 2 heterocycles. The lowest BCUT2D eigenvalue weighted by atomic mass is 10.1. The smallest absolute Gasteiger partial charge is 0.223 e. The molecule has 2 aliphatic heterocycles. The molecule has 1 saturated heterocycles. The number of nitrogens with one attached hydrogen (secondary N) is 1. The van der Waals surface area contributed by atoms with Crippen LogP contribution in [-0.2, 0) is 17.9 Å². The van der Waals surface area contributed by atoms with Crippen LogP contribution in [0.2, 0.25) is 0 Å². The molecule has 0 unspecified atom stereocenters. The molecule has 2 aromatic carbocycles. The molecule has 1 N–H and O–H groups in total. The minimum atomic E-state index is 0. The van der Waals surface area contributed by atoms with Crippen LogP contribution in [0.3, 0.4) is 0 Å². The van der Waals surface area contributed by atoms with Gasteiger partial charge < -0.3 is 24.8 Å². The van der Waals surface area contributed by atoms with Crippen molar-refractivity contribution in [3.63, 3.8) is 0 Å². The van der Waals surface area contributed by atoms with Gasteiger partial charge >= 0.3 is 0 Å². The third kappa shape index (κ3) is 6.34. The third-order valence-electron chi connectivity index (χ3n) is 6.34. The maximum absolute atomic E-state index is 12.6. The Labute approximate surface area is 220 Å². The molecule has 0 atom stereocenters. The van der Waals surface area contributed by atoms with Crippen molar-refractivity contribution in [1.29, 1.82) is 0 Å². The zero-order valence-corrected chi connectivity index (χ0v) is 22.5. The van der Waals surface area contributed by atoms with Crippen molar-refractivity contribution in [1.82, 2.24) is 15.1 Å². The molecule has 184 valence electrons. The molecule has 0 aromatic heterocycles. The van der Waals surface area contributed by atoms with Crippen molar-refractivity contribution in [2.75, 3.05) is 51.3 Å². The second-order valence-corrected chi connectivity index (χ2v) is 8.50. The Morgan fingerprint density at radius 2 is 1.62 bits per heavy atom. The highest BCUT2D eigenvalue weighted by atomic mass is 127. The van der Waals surface area contributed by atoms with Crippen molar-refractivity contribution in [2.24, 2.45) is 4.99 Å². The number of fused-ring (bicyclic) bond motifs is 1. The minimum Gasteiger partial charge on any atom is -0.495 e. The zero-order valence-electron chi connectivity index (χ0n) is 20.2. The first-order chi connectivity index (χ1) is 16.2. The Hall–Kier alpha value is -2.49. The molecular formula is C26H36IN5O2. The SMILES string of the molecule is CCNC(=NCCCC(=O)N1Cc2ccccc2C1)N1CCN(c2ccccc2OC)CC1.I. The van der Waals surface area contributed by atoms with Crippen LogP contribution in [-0.4, -0.2) is 68.0 Å². The summed E-state index contributed by atoms with van der Waals surface area (Å²) in [5, 5.41) is 3.42. The summed E-state index contributed by atoms with van der Waals surface area (Å²) < 4.78 is 5.53.